The van der Waals surface area contributed by atoms with Gasteiger partial charge >= 0.3 is 5.97 Å². The molecule has 8 heteroatoms. The van der Waals surface area contributed by atoms with Crippen LogP contribution in [0.1, 0.15) is 38.5 Å². The standard InChI is InChI=1S/C15H17BrN2O5/c1-10-9-11(16)15(22)17(10)8-4-2-3-5-14(21)23-18-12(19)6-7-13(18)20/h9H,1-8H2. The van der Waals surface area contributed by atoms with Gasteiger partial charge in [-0.05, 0) is 34.8 Å². The smallest absolute Gasteiger partial charge is 0.330 e. The number of allylic oxidation sites excluding steroid dienone is 1. The molecule has 2 heterocycles. The topological polar surface area (TPSA) is 84.0 Å². The predicted octanol–water partition coefficient (Wildman–Crippen LogP) is 1.79. The van der Waals surface area contributed by atoms with Crippen LogP contribution in [0.4, 0.5) is 0 Å². The van der Waals surface area contributed by atoms with Crippen LogP contribution in [0.2, 0.25) is 0 Å². The van der Waals surface area contributed by atoms with Crippen molar-refractivity contribution in [2.75, 3.05) is 6.54 Å². The first-order chi connectivity index (χ1) is 10.9. The molecule has 1 saturated heterocycles. The molecule has 23 heavy (non-hydrogen) atoms. The van der Waals surface area contributed by atoms with Gasteiger partial charge in [0.05, 0.1) is 4.48 Å². The van der Waals surface area contributed by atoms with E-state index in [9.17, 15) is 19.2 Å². The number of carbonyl (C=O) groups excluding carboxylic acids is 4. The van der Waals surface area contributed by atoms with Crippen molar-refractivity contribution in [1.82, 2.24) is 9.96 Å². The fourth-order valence-electron chi connectivity index (χ4n) is 2.31. The summed E-state index contributed by atoms with van der Waals surface area (Å²) in [6.07, 6.45) is 3.95. The van der Waals surface area contributed by atoms with E-state index in [1.165, 1.54) is 0 Å². The lowest BCUT2D eigenvalue weighted by atomic mass is 10.2. The Morgan fingerprint density at radius 2 is 1.83 bits per heavy atom. The molecule has 2 aliphatic rings. The summed E-state index contributed by atoms with van der Waals surface area (Å²) in [5, 5.41) is 0.554. The number of hydrogen-bond donors (Lipinski definition) is 0. The van der Waals surface area contributed by atoms with Gasteiger partial charge in [0.25, 0.3) is 17.7 Å². The van der Waals surface area contributed by atoms with Crippen LogP contribution in [0.15, 0.2) is 22.8 Å². The molecule has 124 valence electrons. The third-order valence-corrected chi connectivity index (χ3v) is 4.12. The number of halogens is 1. The van der Waals surface area contributed by atoms with Crippen LogP contribution < -0.4 is 0 Å². The van der Waals surface area contributed by atoms with Crippen molar-refractivity contribution in [3.8, 4) is 0 Å². The summed E-state index contributed by atoms with van der Waals surface area (Å²) >= 11 is 3.17. The highest BCUT2D eigenvalue weighted by atomic mass is 79.9. The van der Waals surface area contributed by atoms with Crippen molar-refractivity contribution in [2.45, 2.75) is 38.5 Å². The minimum atomic E-state index is -0.598. The van der Waals surface area contributed by atoms with Crippen LogP contribution in [0.3, 0.4) is 0 Å². The largest absolute Gasteiger partial charge is 0.333 e. The van der Waals surface area contributed by atoms with Crippen LogP contribution in [-0.4, -0.2) is 40.2 Å². The summed E-state index contributed by atoms with van der Waals surface area (Å²) < 4.78 is 0.492. The van der Waals surface area contributed by atoms with Gasteiger partial charge in [0, 0.05) is 31.5 Å². The maximum Gasteiger partial charge on any atom is 0.333 e. The molecule has 0 N–H and O–H groups in total. The second-order valence-electron chi connectivity index (χ2n) is 5.30. The summed E-state index contributed by atoms with van der Waals surface area (Å²) in [4.78, 5) is 52.3. The third kappa shape index (κ3) is 4.28. The quantitative estimate of drug-likeness (QED) is 0.493. The fourth-order valence-corrected chi connectivity index (χ4v) is 2.79. The molecule has 0 radical (unpaired) electrons. The minimum absolute atomic E-state index is 0.0868. The summed E-state index contributed by atoms with van der Waals surface area (Å²) in [5.74, 6) is -1.67. The number of nitrogens with zero attached hydrogens (tertiary/aromatic N) is 2. The molecule has 0 atom stereocenters. The van der Waals surface area contributed by atoms with Crippen LogP contribution >= 0.6 is 15.9 Å². The van der Waals surface area contributed by atoms with Crippen LogP contribution in [0.5, 0.6) is 0 Å². The lowest BCUT2D eigenvalue weighted by molar-refractivity contribution is -0.197. The molecule has 1 fully saturated rings. The van der Waals surface area contributed by atoms with Crippen molar-refractivity contribution in [3.63, 3.8) is 0 Å². The SMILES string of the molecule is C=C1C=C(Br)C(=O)N1CCCCCC(=O)ON1C(=O)CCC1=O. The summed E-state index contributed by atoms with van der Waals surface area (Å²) in [6.45, 7) is 4.32. The Kier molecular flexibility index (Phi) is 5.70. The second kappa shape index (κ2) is 7.54. The average molecular weight is 385 g/mol. The number of hydrogen-bond acceptors (Lipinski definition) is 5. The Labute approximate surface area is 142 Å². The molecule has 2 aliphatic heterocycles. The third-order valence-electron chi connectivity index (χ3n) is 3.55. The first kappa shape index (κ1) is 17.4. The van der Waals surface area contributed by atoms with Gasteiger partial charge in [-0.25, -0.2) is 4.79 Å². The summed E-state index contributed by atoms with van der Waals surface area (Å²) in [5.41, 5.74) is 0.646. The molecular weight excluding hydrogens is 368 g/mol. The molecule has 0 aliphatic carbocycles. The Hall–Kier alpha value is -1.96. The fraction of sp³-hybridized carbons (Fsp3) is 0.467. The highest BCUT2D eigenvalue weighted by Crippen LogP contribution is 2.24. The zero-order valence-corrected chi connectivity index (χ0v) is 14.1. The molecule has 2 rings (SSSR count). The molecule has 0 aromatic heterocycles. The van der Waals surface area contributed by atoms with E-state index in [2.05, 4.69) is 22.5 Å². The lowest BCUT2D eigenvalue weighted by Gasteiger charge is -2.17. The number of imide groups is 1. The summed E-state index contributed by atoms with van der Waals surface area (Å²) in [7, 11) is 0. The Morgan fingerprint density at radius 1 is 1.17 bits per heavy atom. The lowest BCUT2D eigenvalue weighted by Crippen LogP contribution is -2.32. The zero-order chi connectivity index (χ0) is 17.0. The maximum absolute atomic E-state index is 11.7. The van der Waals surface area contributed by atoms with Crippen molar-refractivity contribution in [1.29, 1.82) is 0 Å². The van der Waals surface area contributed by atoms with E-state index >= 15 is 0 Å². The highest BCUT2D eigenvalue weighted by molar-refractivity contribution is 9.12. The normalized spacial score (nSPS) is 18.0. The van der Waals surface area contributed by atoms with Crippen molar-refractivity contribution in [2.24, 2.45) is 0 Å². The monoisotopic (exact) mass is 384 g/mol. The average Bonchev–Trinajstić information content (AvgIpc) is 2.93. The molecule has 0 aromatic carbocycles. The van der Waals surface area contributed by atoms with Crippen LogP contribution in [-0.2, 0) is 24.0 Å². The van der Waals surface area contributed by atoms with Gasteiger partial charge < -0.3 is 9.74 Å². The van der Waals surface area contributed by atoms with Gasteiger partial charge in [0.2, 0.25) is 0 Å². The number of amides is 3. The van der Waals surface area contributed by atoms with Gasteiger partial charge in [-0.1, -0.05) is 13.0 Å². The highest BCUT2D eigenvalue weighted by Gasteiger charge is 2.32. The molecule has 0 aromatic rings. The molecule has 7 nitrogen and oxygen atoms in total. The van der Waals surface area contributed by atoms with Crippen molar-refractivity contribution in [3.05, 3.63) is 22.8 Å². The first-order valence-electron chi connectivity index (χ1n) is 7.34. The second-order valence-corrected chi connectivity index (χ2v) is 6.15. The molecule has 0 unspecified atom stereocenters. The van der Waals surface area contributed by atoms with E-state index in [0.717, 1.165) is 0 Å². The van der Waals surface area contributed by atoms with E-state index in [-0.39, 0.29) is 25.2 Å². The number of hydroxylamine groups is 2. The van der Waals surface area contributed by atoms with E-state index in [1.807, 2.05) is 0 Å². The Morgan fingerprint density at radius 3 is 2.39 bits per heavy atom. The van der Waals surface area contributed by atoms with Gasteiger partial charge in [-0.3, -0.25) is 14.4 Å². The number of rotatable bonds is 7. The van der Waals surface area contributed by atoms with Gasteiger partial charge in [-0.15, -0.1) is 5.06 Å². The van der Waals surface area contributed by atoms with E-state index in [4.69, 9.17) is 4.84 Å². The predicted molar refractivity (Wildman–Crippen MR) is 83.5 cm³/mol. The van der Waals surface area contributed by atoms with Crippen LogP contribution in [0.25, 0.3) is 0 Å². The van der Waals surface area contributed by atoms with E-state index in [0.29, 0.717) is 41.0 Å². The van der Waals surface area contributed by atoms with Crippen molar-refractivity contribution >= 4 is 39.6 Å². The first-order valence-corrected chi connectivity index (χ1v) is 8.14. The minimum Gasteiger partial charge on any atom is -0.330 e. The maximum atomic E-state index is 11.7. The number of unbranched alkanes of at least 4 members (excludes halogenated alkanes) is 2. The molecular formula is C15H17BrN2O5. The molecule has 0 saturated carbocycles. The van der Waals surface area contributed by atoms with Gasteiger partial charge in [0.1, 0.15) is 0 Å². The summed E-state index contributed by atoms with van der Waals surface area (Å²) in [6, 6.07) is 0. The van der Waals surface area contributed by atoms with Gasteiger partial charge in [-0.2, -0.15) is 0 Å². The molecule has 3 amide bonds. The molecule has 0 spiro atoms. The van der Waals surface area contributed by atoms with E-state index < -0.39 is 17.8 Å². The molecule has 0 bridgehead atoms. The zero-order valence-electron chi connectivity index (χ0n) is 12.5. The van der Waals surface area contributed by atoms with Gasteiger partial charge in [0.15, 0.2) is 0 Å². The Bertz CT molecular complexity index is 583. The van der Waals surface area contributed by atoms with Crippen molar-refractivity contribution < 1.29 is 24.0 Å². The van der Waals surface area contributed by atoms with E-state index in [1.54, 1.807) is 11.0 Å². The number of carbonyl (C=O) groups is 4. The Balaban J connectivity index is 1.61. The van der Waals surface area contributed by atoms with Crippen LogP contribution in [0, 0.1) is 0 Å².